The van der Waals surface area contributed by atoms with Crippen LogP contribution in [0.4, 0.5) is 0 Å². The normalized spacial score (nSPS) is 20.7. The van der Waals surface area contributed by atoms with Crippen molar-refractivity contribution in [1.82, 2.24) is 9.62 Å². The van der Waals surface area contributed by atoms with Gasteiger partial charge in [-0.15, -0.1) is 0 Å². The molecule has 0 aromatic heterocycles. The fraction of sp³-hybridized carbons (Fsp3) is 0.800. The van der Waals surface area contributed by atoms with E-state index in [9.17, 15) is 18.0 Å². The van der Waals surface area contributed by atoms with Gasteiger partial charge in [-0.1, -0.05) is 0 Å². The average Bonchev–Trinajstić information content (AvgIpc) is 2.25. The molecule has 1 heterocycles. The van der Waals surface area contributed by atoms with Gasteiger partial charge >= 0.3 is 5.97 Å². The molecule has 0 bridgehead atoms. The lowest BCUT2D eigenvalue weighted by Gasteiger charge is -2.35. The maximum Gasteiger partial charge on any atom is 0.312 e. The van der Waals surface area contributed by atoms with Crippen LogP contribution < -0.4 is 4.72 Å². The van der Waals surface area contributed by atoms with Crippen LogP contribution in [0.3, 0.4) is 0 Å². The number of carbonyl (C=O) groups is 2. The molecule has 1 saturated heterocycles. The summed E-state index contributed by atoms with van der Waals surface area (Å²) in [7, 11) is -3.30. The number of piperidine rings is 1. The highest BCUT2D eigenvalue weighted by Gasteiger charge is 2.28. The van der Waals surface area contributed by atoms with Gasteiger partial charge in [0.25, 0.3) is 0 Å². The van der Waals surface area contributed by atoms with Crippen LogP contribution in [-0.2, 0) is 19.6 Å². The molecule has 8 heteroatoms. The third kappa shape index (κ3) is 5.01. The number of aliphatic carboxylic acids is 1. The van der Waals surface area contributed by atoms with Crippen molar-refractivity contribution < 1.29 is 23.1 Å². The van der Waals surface area contributed by atoms with Crippen molar-refractivity contribution in [2.75, 3.05) is 19.3 Å². The molecule has 1 aliphatic heterocycles. The van der Waals surface area contributed by atoms with Gasteiger partial charge in [0.15, 0.2) is 0 Å². The molecular formula is C10H18N2O5S. The van der Waals surface area contributed by atoms with Gasteiger partial charge in [-0.3, -0.25) is 9.59 Å². The van der Waals surface area contributed by atoms with Gasteiger partial charge in [-0.25, -0.2) is 13.1 Å². The van der Waals surface area contributed by atoms with Gasteiger partial charge in [0, 0.05) is 19.1 Å². The highest BCUT2D eigenvalue weighted by Crippen LogP contribution is 2.17. The zero-order chi connectivity index (χ0) is 13.8. The number of nitrogens with one attached hydrogen (secondary N) is 1. The van der Waals surface area contributed by atoms with Crippen molar-refractivity contribution in [2.24, 2.45) is 0 Å². The van der Waals surface area contributed by atoms with Crippen molar-refractivity contribution in [3.8, 4) is 0 Å². The number of carboxylic acids is 1. The molecule has 1 atom stereocenters. The number of likely N-dealkylation sites (tertiary alicyclic amines) is 1. The van der Waals surface area contributed by atoms with Gasteiger partial charge < -0.3 is 10.0 Å². The lowest BCUT2D eigenvalue weighted by Crippen LogP contribution is -2.49. The number of amides is 1. The van der Waals surface area contributed by atoms with E-state index >= 15 is 0 Å². The Morgan fingerprint density at radius 3 is 2.61 bits per heavy atom. The first-order chi connectivity index (χ1) is 8.29. The van der Waals surface area contributed by atoms with Crippen LogP contribution >= 0.6 is 0 Å². The Balaban J connectivity index is 2.62. The molecule has 2 N–H and O–H groups in total. The molecule has 1 rings (SSSR count). The van der Waals surface area contributed by atoms with Crippen LogP contribution in [0, 0.1) is 0 Å². The van der Waals surface area contributed by atoms with Crippen molar-refractivity contribution in [3.05, 3.63) is 0 Å². The second kappa shape index (κ2) is 6.14. The Morgan fingerprint density at radius 1 is 1.39 bits per heavy atom. The molecule has 1 amide bonds. The molecule has 1 fully saturated rings. The minimum atomic E-state index is -3.30. The van der Waals surface area contributed by atoms with Crippen LogP contribution in [-0.4, -0.2) is 55.7 Å². The summed E-state index contributed by atoms with van der Waals surface area (Å²) in [4.78, 5) is 23.7. The zero-order valence-corrected chi connectivity index (χ0v) is 11.1. The summed E-state index contributed by atoms with van der Waals surface area (Å²) in [6.45, 7) is 0.631. The van der Waals surface area contributed by atoms with Gasteiger partial charge in [-0.2, -0.15) is 0 Å². The Labute approximate surface area is 106 Å². The lowest BCUT2D eigenvalue weighted by molar-refractivity contribution is -0.145. The number of carbonyl (C=O) groups excluding carboxylic acids is 1. The van der Waals surface area contributed by atoms with Gasteiger partial charge in [0.2, 0.25) is 15.9 Å². The molecule has 18 heavy (non-hydrogen) atoms. The minimum absolute atomic E-state index is 0.143. The highest BCUT2D eigenvalue weighted by molar-refractivity contribution is 7.88. The van der Waals surface area contributed by atoms with E-state index in [1.54, 1.807) is 0 Å². The Kier molecular flexibility index (Phi) is 5.09. The number of hydrogen-bond donors (Lipinski definition) is 2. The standard InChI is InChI=1S/C10H18N2O5S/c1-18(16,17)11-7-8-4-2-3-5-12(8)9(13)6-10(14)15/h8,11H,2-7H2,1H3,(H,14,15). The first-order valence-corrected chi connectivity index (χ1v) is 7.64. The third-order valence-electron chi connectivity index (χ3n) is 2.83. The van der Waals surface area contributed by atoms with Crippen LogP contribution in [0.15, 0.2) is 0 Å². The maximum atomic E-state index is 11.7. The monoisotopic (exact) mass is 278 g/mol. The Hall–Kier alpha value is -1.15. The van der Waals surface area contributed by atoms with E-state index < -0.39 is 28.3 Å². The van der Waals surface area contributed by atoms with Crippen molar-refractivity contribution in [2.45, 2.75) is 31.7 Å². The number of sulfonamides is 1. The second-order valence-electron chi connectivity index (χ2n) is 4.43. The fourth-order valence-corrected chi connectivity index (χ4v) is 2.51. The number of hydrogen-bond acceptors (Lipinski definition) is 4. The van der Waals surface area contributed by atoms with Crippen molar-refractivity contribution >= 4 is 21.9 Å². The first kappa shape index (κ1) is 14.9. The average molecular weight is 278 g/mol. The quantitative estimate of drug-likeness (QED) is 0.653. The number of carboxylic acid groups (broad SMARTS) is 1. The van der Waals surface area contributed by atoms with Gasteiger partial charge in [0.1, 0.15) is 6.42 Å². The topological polar surface area (TPSA) is 104 Å². The SMILES string of the molecule is CS(=O)(=O)NCC1CCCCN1C(=O)CC(=O)O. The van der Waals surface area contributed by atoms with Crippen LogP contribution in [0.2, 0.25) is 0 Å². The summed E-state index contributed by atoms with van der Waals surface area (Å²) in [6.07, 6.45) is 2.93. The Morgan fingerprint density at radius 2 is 2.06 bits per heavy atom. The molecule has 104 valence electrons. The third-order valence-corrected chi connectivity index (χ3v) is 3.52. The van der Waals surface area contributed by atoms with E-state index in [0.717, 1.165) is 19.1 Å². The summed E-state index contributed by atoms with van der Waals surface area (Å²) in [5.41, 5.74) is 0. The predicted molar refractivity (Wildman–Crippen MR) is 64.5 cm³/mol. The molecule has 0 radical (unpaired) electrons. The fourth-order valence-electron chi connectivity index (χ4n) is 2.02. The molecule has 0 aliphatic carbocycles. The first-order valence-electron chi connectivity index (χ1n) is 5.75. The van der Waals surface area contributed by atoms with Gasteiger partial charge in [0.05, 0.1) is 6.26 Å². The lowest BCUT2D eigenvalue weighted by atomic mass is 10.0. The van der Waals surface area contributed by atoms with E-state index in [1.165, 1.54) is 4.90 Å². The molecule has 1 aliphatic rings. The second-order valence-corrected chi connectivity index (χ2v) is 6.26. The van der Waals surface area contributed by atoms with Crippen LogP contribution in [0.1, 0.15) is 25.7 Å². The molecule has 7 nitrogen and oxygen atoms in total. The minimum Gasteiger partial charge on any atom is -0.481 e. The smallest absolute Gasteiger partial charge is 0.312 e. The summed E-state index contributed by atoms with van der Waals surface area (Å²) in [5, 5.41) is 8.60. The summed E-state index contributed by atoms with van der Waals surface area (Å²) in [6, 6.07) is -0.250. The summed E-state index contributed by atoms with van der Waals surface area (Å²) in [5.74, 6) is -1.62. The highest BCUT2D eigenvalue weighted by atomic mass is 32.2. The van der Waals surface area contributed by atoms with E-state index in [-0.39, 0.29) is 12.6 Å². The molecule has 0 aromatic carbocycles. The molecule has 1 unspecified atom stereocenters. The molecule has 0 saturated carbocycles. The van der Waals surface area contributed by atoms with Crippen LogP contribution in [0.5, 0.6) is 0 Å². The molecular weight excluding hydrogens is 260 g/mol. The van der Waals surface area contributed by atoms with Crippen molar-refractivity contribution in [3.63, 3.8) is 0 Å². The number of rotatable bonds is 5. The van der Waals surface area contributed by atoms with E-state index in [2.05, 4.69) is 4.72 Å². The van der Waals surface area contributed by atoms with E-state index in [0.29, 0.717) is 13.0 Å². The zero-order valence-electron chi connectivity index (χ0n) is 10.3. The number of nitrogens with zero attached hydrogens (tertiary/aromatic N) is 1. The largest absolute Gasteiger partial charge is 0.481 e. The molecule has 0 spiro atoms. The molecule has 0 aromatic rings. The predicted octanol–water partition coefficient (Wildman–Crippen LogP) is -0.609. The summed E-state index contributed by atoms with van der Waals surface area (Å²) < 4.78 is 24.4. The maximum absolute atomic E-state index is 11.7. The van der Waals surface area contributed by atoms with E-state index in [1.807, 2.05) is 0 Å². The summed E-state index contributed by atoms with van der Waals surface area (Å²) >= 11 is 0. The van der Waals surface area contributed by atoms with E-state index in [4.69, 9.17) is 5.11 Å². The Bertz CT molecular complexity index is 420. The van der Waals surface area contributed by atoms with Gasteiger partial charge in [-0.05, 0) is 19.3 Å². The van der Waals surface area contributed by atoms with Crippen LogP contribution in [0.25, 0.3) is 0 Å². The van der Waals surface area contributed by atoms with Crippen molar-refractivity contribution in [1.29, 1.82) is 0 Å².